The molecule has 1 aromatic rings. The van der Waals surface area contributed by atoms with Gasteiger partial charge in [-0.2, -0.15) is 5.10 Å². The van der Waals surface area contributed by atoms with Gasteiger partial charge in [-0.05, 0) is 48.8 Å². The molecule has 16 heavy (non-hydrogen) atoms. The number of hydrogen-bond donors (Lipinski definition) is 1. The lowest BCUT2D eigenvalue weighted by molar-refractivity contribution is 0.0179. The van der Waals surface area contributed by atoms with Gasteiger partial charge in [0.15, 0.2) is 0 Å². The summed E-state index contributed by atoms with van der Waals surface area (Å²) >= 11 is 3.55. The lowest BCUT2D eigenvalue weighted by atomic mass is 10.1. The average Bonchev–Trinajstić information content (AvgIpc) is 2.53. The predicted molar refractivity (Wildman–Crippen MR) is 66.3 cm³/mol. The Bertz CT molecular complexity index is 358. The number of nitrogens with one attached hydrogen (secondary N) is 1. The Labute approximate surface area is 104 Å². The first-order chi connectivity index (χ1) is 7.68. The maximum Gasteiger partial charge on any atom is 0.0900 e. The summed E-state index contributed by atoms with van der Waals surface area (Å²) < 4.78 is 8.88. The molecule has 1 fully saturated rings. The summed E-state index contributed by atoms with van der Waals surface area (Å²) in [5, 5.41) is 7.68. The fourth-order valence-corrected chi connectivity index (χ4v) is 2.45. The summed E-state index contributed by atoms with van der Waals surface area (Å²) in [4.78, 5) is 0. The normalized spacial score (nSPS) is 17.9. The van der Waals surface area contributed by atoms with E-state index in [0.29, 0.717) is 12.7 Å². The van der Waals surface area contributed by atoms with Crippen LogP contribution in [0.25, 0.3) is 0 Å². The molecule has 5 heteroatoms. The van der Waals surface area contributed by atoms with Gasteiger partial charge in [-0.25, -0.2) is 0 Å². The Morgan fingerprint density at radius 2 is 2.19 bits per heavy atom. The summed E-state index contributed by atoms with van der Waals surface area (Å²) in [6.07, 6.45) is 2.60. The Kier molecular flexibility index (Phi) is 4.00. The zero-order valence-corrected chi connectivity index (χ0v) is 11.4. The number of piperidine rings is 1. The Morgan fingerprint density at radius 1 is 1.50 bits per heavy atom. The summed E-state index contributed by atoms with van der Waals surface area (Å²) in [7, 11) is 1.96. The maximum atomic E-state index is 5.91. The molecule has 0 spiro atoms. The Balaban J connectivity index is 1.93. The van der Waals surface area contributed by atoms with Crippen LogP contribution >= 0.6 is 15.9 Å². The number of halogens is 1. The van der Waals surface area contributed by atoms with E-state index in [1.54, 1.807) is 0 Å². The Hall–Kier alpha value is -0.390. The van der Waals surface area contributed by atoms with E-state index >= 15 is 0 Å². The predicted octanol–water partition coefficient (Wildman–Crippen LogP) is 1.76. The second-order valence-corrected chi connectivity index (χ2v) is 5.02. The van der Waals surface area contributed by atoms with Crippen molar-refractivity contribution in [2.45, 2.75) is 32.5 Å². The van der Waals surface area contributed by atoms with Crippen LogP contribution < -0.4 is 5.32 Å². The highest BCUT2D eigenvalue weighted by Crippen LogP contribution is 2.22. The average molecular weight is 288 g/mol. The third-order valence-corrected chi connectivity index (χ3v) is 4.04. The quantitative estimate of drug-likeness (QED) is 0.921. The zero-order valence-electron chi connectivity index (χ0n) is 9.79. The summed E-state index contributed by atoms with van der Waals surface area (Å²) in [5.74, 6) is 0. The fraction of sp³-hybridized carbons (Fsp3) is 0.727. The third kappa shape index (κ3) is 2.64. The zero-order chi connectivity index (χ0) is 11.5. The fourth-order valence-electron chi connectivity index (χ4n) is 2.00. The summed E-state index contributed by atoms with van der Waals surface area (Å²) in [6.45, 7) is 4.77. The van der Waals surface area contributed by atoms with Crippen LogP contribution in [0, 0.1) is 6.92 Å². The first kappa shape index (κ1) is 12.1. The molecule has 0 aliphatic carbocycles. The number of aromatic nitrogens is 2. The smallest absolute Gasteiger partial charge is 0.0900 e. The van der Waals surface area contributed by atoms with Gasteiger partial charge in [0.05, 0.1) is 28.6 Å². The van der Waals surface area contributed by atoms with Crippen molar-refractivity contribution in [3.8, 4) is 0 Å². The molecule has 1 aliphatic heterocycles. The molecule has 0 saturated carbocycles. The lowest BCUT2D eigenvalue weighted by Crippen LogP contribution is -2.32. The minimum atomic E-state index is 0.392. The summed E-state index contributed by atoms with van der Waals surface area (Å²) in [5.41, 5.74) is 2.14. The largest absolute Gasteiger partial charge is 0.372 e. The van der Waals surface area contributed by atoms with Crippen molar-refractivity contribution in [3.05, 3.63) is 15.9 Å². The highest BCUT2D eigenvalue weighted by Gasteiger charge is 2.16. The van der Waals surface area contributed by atoms with Crippen LogP contribution in [0.3, 0.4) is 0 Å². The van der Waals surface area contributed by atoms with Crippen molar-refractivity contribution in [2.24, 2.45) is 7.05 Å². The number of aryl methyl sites for hydroxylation is 2. The molecule has 90 valence electrons. The van der Waals surface area contributed by atoms with Crippen molar-refractivity contribution in [2.75, 3.05) is 13.1 Å². The molecular weight excluding hydrogens is 270 g/mol. The first-order valence-electron chi connectivity index (χ1n) is 5.68. The molecule has 0 radical (unpaired) electrons. The van der Waals surface area contributed by atoms with Gasteiger partial charge in [0, 0.05) is 7.05 Å². The molecular formula is C11H18BrN3O. The molecule has 0 aromatic carbocycles. The van der Waals surface area contributed by atoms with Crippen LogP contribution in [-0.2, 0) is 18.4 Å². The van der Waals surface area contributed by atoms with Crippen LogP contribution in [0.15, 0.2) is 4.47 Å². The SMILES string of the molecule is Cc1nn(C)c(COC2CCNCC2)c1Br. The Morgan fingerprint density at radius 3 is 2.75 bits per heavy atom. The van der Waals surface area contributed by atoms with E-state index in [-0.39, 0.29) is 0 Å². The van der Waals surface area contributed by atoms with Crippen LogP contribution in [0.4, 0.5) is 0 Å². The van der Waals surface area contributed by atoms with Gasteiger partial charge in [-0.15, -0.1) is 0 Å². The van der Waals surface area contributed by atoms with E-state index in [1.807, 2.05) is 18.7 Å². The number of rotatable bonds is 3. The van der Waals surface area contributed by atoms with Crippen LogP contribution in [0.1, 0.15) is 24.2 Å². The lowest BCUT2D eigenvalue weighted by Gasteiger charge is -2.22. The first-order valence-corrected chi connectivity index (χ1v) is 6.48. The van der Waals surface area contributed by atoms with Gasteiger partial charge in [0.1, 0.15) is 0 Å². The van der Waals surface area contributed by atoms with Crippen LogP contribution in [-0.4, -0.2) is 29.0 Å². The van der Waals surface area contributed by atoms with Crippen molar-refractivity contribution in [3.63, 3.8) is 0 Å². The molecule has 4 nitrogen and oxygen atoms in total. The van der Waals surface area contributed by atoms with Crippen LogP contribution in [0.2, 0.25) is 0 Å². The summed E-state index contributed by atoms with van der Waals surface area (Å²) in [6, 6.07) is 0. The molecule has 2 heterocycles. The second-order valence-electron chi connectivity index (χ2n) is 4.23. The minimum Gasteiger partial charge on any atom is -0.372 e. The van der Waals surface area contributed by atoms with Crippen LogP contribution in [0.5, 0.6) is 0 Å². The van der Waals surface area contributed by atoms with E-state index in [2.05, 4.69) is 26.3 Å². The third-order valence-electron chi connectivity index (χ3n) is 3.00. The minimum absolute atomic E-state index is 0.392. The highest BCUT2D eigenvalue weighted by molar-refractivity contribution is 9.10. The highest BCUT2D eigenvalue weighted by atomic mass is 79.9. The molecule has 1 saturated heterocycles. The van der Waals surface area contributed by atoms with E-state index in [4.69, 9.17) is 4.74 Å². The number of hydrogen-bond acceptors (Lipinski definition) is 3. The van der Waals surface area contributed by atoms with E-state index in [1.165, 1.54) is 0 Å². The van der Waals surface area contributed by atoms with E-state index in [9.17, 15) is 0 Å². The van der Waals surface area contributed by atoms with Crippen molar-refractivity contribution >= 4 is 15.9 Å². The monoisotopic (exact) mass is 287 g/mol. The molecule has 0 bridgehead atoms. The van der Waals surface area contributed by atoms with Gasteiger partial charge >= 0.3 is 0 Å². The van der Waals surface area contributed by atoms with Crippen molar-refractivity contribution < 1.29 is 4.74 Å². The number of ether oxygens (including phenoxy) is 1. The molecule has 2 rings (SSSR count). The maximum absolute atomic E-state index is 5.91. The molecule has 0 unspecified atom stereocenters. The molecule has 1 N–H and O–H groups in total. The number of nitrogens with zero attached hydrogens (tertiary/aromatic N) is 2. The topological polar surface area (TPSA) is 39.1 Å². The second kappa shape index (κ2) is 5.29. The van der Waals surface area contributed by atoms with Gasteiger partial charge in [0.25, 0.3) is 0 Å². The van der Waals surface area contributed by atoms with Crippen molar-refractivity contribution in [1.29, 1.82) is 0 Å². The van der Waals surface area contributed by atoms with E-state index < -0.39 is 0 Å². The molecule has 1 aliphatic rings. The molecule has 0 amide bonds. The standard InChI is InChI=1S/C11H18BrN3O/c1-8-11(12)10(15(2)14-8)7-16-9-3-5-13-6-4-9/h9,13H,3-7H2,1-2H3. The van der Waals surface area contributed by atoms with Gasteiger partial charge in [-0.1, -0.05) is 0 Å². The van der Waals surface area contributed by atoms with Crippen molar-refractivity contribution in [1.82, 2.24) is 15.1 Å². The van der Waals surface area contributed by atoms with Gasteiger partial charge in [0.2, 0.25) is 0 Å². The molecule has 1 aromatic heterocycles. The molecule has 0 atom stereocenters. The van der Waals surface area contributed by atoms with Gasteiger partial charge in [-0.3, -0.25) is 4.68 Å². The van der Waals surface area contributed by atoms with E-state index in [0.717, 1.165) is 41.8 Å². The van der Waals surface area contributed by atoms with Gasteiger partial charge < -0.3 is 10.1 Å².